The topological polar surface area (TPSA) is 82.1 Å². The number of ether oxygens (including phenoxy) is 3. The first-order chi connectivity index (χ1) is 15.3. The number of esters is 1. The molecule has 1 aliphatic rings. The Balaban J connectivity index is 1.85. The first kappa shape index (κ1) is 23.6. The molecule has 0 radical (unpaired) electrons. The van der Waals surface area contributed by atoms with Crippen LogP contribution in [0.15, 0.2) is 41.3 Å². The maximum atomic E-state index is 13.9. The molecule has 0 spiro atoms. The smallest absolute Gasteiger partial charge is 0.343 e. The van der Waals surface area contributed by atoms with E-state index < -0.39 is 22.9 Å². The number of carbonyl (C=O) groups excluding carboxylic acids is 3. The highest BCUT2D eigenvalue weighted by Crippen LogP contribution is 2.39. The molecular weight excluding hydrogens is 461 g/mol. The van der Waals surface area contributed by atoms with Crippen LogP contribution in [0, 0.1) is 5.82 Å². The van der Waals surface area contributed by atoms with Crippen LogP contribution in [0.5, 0.6) is 11.5 Å². The summed E-state index contributed by atoms with van der Waals surface area (Å²) in [5, 5.41) is -0.352. The Morgan fingerprint density at radius 3 is 2.66 bits per heavy atom. The van der Waals surface area contributed by atoms with E-state index in [4.69, 9.17) is 21.1 Å². The van der Waals surface area contributed by atoms with Gasteiger partial charge in [-0.1, -0.05) is 29.8 Å². The largest absolute Gasteiger partial charge is 0.490 e. The van der Waals surface area contributed by atoms with Crippen molar-refractivity contribution in [1.82, 2.24) is 4.90 Å². The van der Waals surface area contributed by atoms with Crippen LogP contribution in [-0.2, 0) is 20.9 Å². The third-order valence-electron chi connectivity index (χ3n) is 4.35. The van der Waals surface area contributed by atoms with Gasteiger partial charge in [-0.2, -0.15) is 0 Å². The summed E-state index contributed by atoms with van der Waals surface area (Å²) in [4.78, 5) is 37.6. The van der Waals surface area contributed by atoms with Gasteiger partial charge >= 0.3 is 5.97 Å². The van der Waals surface area contributed by atoms with E-state index in [0.29, 0.717) is 12.2 Å². The van der Waals surface area contributed by atoms with Crippen LogP contribution in [0.3, 0.4) is 0 Å². The fourth-order valence-corrected chi connectivity index (χ4v) is 3.96. The zero-order valence-electron chi connectivity index (χ0n) is 17.2. The molecule has 0 aliphatic carbocycles. The highest BCUT2D eigenvalue weighted by atomic mass is 35.5. The maximum Gasteiger partial charge on any atom is 0.343 e. The molecule has 0 atom stereocenters. The van der Waals surface area contributed by atoms with E-state index in [-0.39, 0.29) is 40.1 Å². The summed E-state index contributed by atoms with van der Waals surface area (Å²) < 4.78 is 29.4. The Kier molecular flexibility index (Phi) is 7.76. The molecule has 2 aromatic carbocycles. The minimum Gasteiger partial charge on any atom is -0.490 e. The molecule has 168 valence electrons. The summed E-state index contributed by atoms with van der Waals surface area (Å²) in [7, 11) is 1.24. The van der Waals surface area contributed by atoms with Gasteiger partial charge in [0, 0.05) is 5.56 Å². The average Bonchev–Trinajstić information content (AvgIpc) is 3.02. The average molecular weight is 480 g/mol. The fourth-order valence-electron chi connectivity index (χ4n) is 2.85. The molecular formula is C22H19ClFNO6S. The van der Waals surface area contributed by atoms with Gasteiger partial charge in [0.05, 0.1) is 30.2 Å². The second-order valence-corrected chi connectivity index (χ2v) is 7.89. The Bertz CT molecular complexity index is 1090. The number of benzene rings is 2. The predicted molar refractivity (Wildman–Crippen MR) is 118 cm³/mol. The minimum absolute atomic E-state index is 0.150. The van der Waals surface area contributed by atoms with Crippen LogP contribution < -0.4 is 9.47 Å². The Morgan fingerprint density at radius 2 is 1.97 bits per heavy atom. The summed E-state index contributed by atoms with van der Waals surface area (Å²) in [5.74, 6) is -1.20. The zero-order chi connectivity index (χ0) is 23.3. The molecule has 7 nitrogen and oxygen atoms in total. The number of amides is 2. The second-order valence-electron chi connectivity index (χ2n) is 6.49. The van der Waals surface area contributed by atoms with Gasteiger partial charge in [0.25, 0.3) is 11.1 Å². The van der Waals surface area contributed by atoms with Crippen molar-refractivity contribution in [3.05, 3.63) is 63.3 Å². The number of nitrogens with zero attached hydrogens (tertiary/aromatic N) is 1. The first-order valence-corrected chi connectivity index (χ1v) is 10.7. The van der Waals surface area contributed by atoms with E-state index in [0.717, 1.165) is 16.7 Å². The lowest BCUT2D eigenvalue weighted by Crippen LogP contribution is -2.27. The van der Waals surface area contributed by atoms with Gasteiger partial charge in [0.2, 0.25) is 0 Å². The number of thioether (sulfide) groups is 1. The van der Waals surface area contributed by atoms with E-state index in [1.807, 2.05) is 0 Å². The van der Waals surface area contributed by atoms with Gasteiger partial charge in [-0.05, 0) is 48.5 Å². The van der Waals surface area contributed by atoms with Crippen LogP contribution in [0.4, 0.5) is 9.18 Å². The van der Waals surface area contributed by atoms with Gasteiger partial charge in [-0.25, -0.2) is 9.18 Å². The molecule has 2 aromatic rings. The SMILES string of the molecule is CCOc1cc(/C=C2\SC(=O)N(Cc3ccccc3F)C2=O)cc(Cl)c1OCC(=O)OC. The van der Waals surface area contributed by atoms with Crippen molar-refractivity contribution in [3.63, 3.8) is 0 Å². The summed E-state index contributed by atoms with van der Waals surface area (Å²) in [6, 6.07) is 9.04. The molecule has 1 saturated heterocycles. The molecule has 2 amide bonds. The van der Waals surface area contributed by atoms with E-state index in [1.54, 1.807) is 19.1 Å². The first-order valence-electron chi connectivity index (χ1n) is 9.48. The Morgan fingerprint density at radius 1 is 1.22 bits per heavy atom. The maximum absolute atomic E-state index is 13.9. The Labute approximate surface area is 193 Å². The van der Waals surface area contributed by atoms with Gasteiger partial charge in [-0.3, -0.25) is 14.5 Å². The lowest BCUT2D eigenvalue weighted by Gasteiger charge is -2.14. The minimum atomic E-state index is -0.587. The van der Waals surface area contributed by atoms with E-state index in [9.17, 15) is 18.8 Å². The molecule has 0 unspecified atom stereocenters. The number of halogens is 2. The van der Waals surface area contributed by atoms with Crippen LogP contribution in [0.25, 0.3) is 6.08 Å². The van der Waals surface area contributed by atoms with E-state index in [2.05, 4.69) is 4.74 Å². The normalized spacial score (nSPS) is 14.8. The van der Waals surface area contributed by atoms with Crippen LogP contribution in [-0.4, -0.2) is 42.3 Å². The molecule has 3 rings (SSSR count). The van der Waals surface area contributed by atoms with Gasteiger partial charge in [-0.15, -0.1) is 0 Å². The molecule has 1 heterocycles. The lowest BCUT2D eigenvalue weighted by molar-refractivity contribution is -0.142. The standard InChI is InChI=1S/C22H19ClFNO6S/c1-3-30-17-9-13(8-15(23)20(17)31-12-19(26)29-2)10-18-21(27)25(22(28)32-18)11-14-6-4-5-7-16(14)24/h4-10H,3,11-12H2,1-2H3/b18-10-. The quantitative estimate of drug-likeness (QED) is 0.402. The van der Waals surface area contributed by atoms with Gasteiger partial charge in [0.15, 0.2) is 18.1 Å². The fraction of sp³-hybridized carbons (Fsp3) is 0.227. The monoisotopic (exact) mass is 479 g/mol. The third kappa shape index (κ3) is 5.41. The number of imide groups is 1. The number of hydrogen-bond donors (Lipinski definition) is 0. The zero-order valence-corrected chi connectivity index (χ0v) is 18.8. The number of carbonyl (C=O) groups is 3. The summed E-state index contributed by atoms with van der Waals surface area (Å²) in [6.45, 7) is 1.54. The van der Waals surface area contributed by atoms with Crippen LogP contribution >= 0.6 is 23.4 Å². The highest BCUT2D eigenvalue weighted by Gasteiger charge is 2.35. The van der Waals surface area contributed by atoms with Crippen molar-refractivity contribution in [2.45, 2.75) is 13.5 Å². The summed E-state index contributed by atoms with van der Waals surface area (Å²) in [6.07, 6.45) is 1.49. The summed E-state index contributed by atoms with van der Waals surface area (Å²) >= 11 is 7.05. The number of hydrogen-bond acceptors (Lipinski definition) is 7. The van der Waals surface area contributed by atoms with Crippen molar-refractivity contribution in [2.24, 2.45) is 0 Å². The van der Waals surface area contributed by atoms with E-state index >= 15 is 0 Å². The molecule has 0 saturated carbocycles. The highest BCUT2D eigenvalue weighted by molar-refractivity contribution is 8.18. The van der Waals surface area contributed by atoms with E-state index in [1.165, 1.54) is 37.5 Å². The summed E-state index contributed by atoms with van der Waals surface area (Å²) in [5.41, 5.74) is 0.727. The molecule has 1 aliphatic heterocycles. The van der Waals surface area contributed by atoms with Crippen LogP contribution in [0.2, 0.25) is 5.02 Å². The van der Waals surface area contributed by atoms with Crippen LogP contribution in [0.1, 0.15) is 18.1 Å². The number of rotatable bonds is 8. The van der Waals surface area contributed by atoms with Crippen molar-refractivity contribution >= 4 is 46.6 Å². The van der Waals surface area contributed by atoms with Crippen molar-refractivity contribution in [1.29, 1.82) is 0 Å². The molecule has 0 N–H and O–H groups in total. The molecule has 0 aromatic heterocycles. The molecule has 1 fully saturated rings. The van der Waals surface area contributed by atoms with Crippen molar-refractivity contribution in [3.8, 4) is 11.5 Å². The Hall–Kier alpha value is -3.04. The van der Waals surface area contributed by atoms with Gasteiger partial charge in [0.1, 0.15) is 5.82 Å². The second kappa shape index (κ2) is 10.5. The van der Waals surface area contributed by atoms with Crippen molar-refractivity contribution < 1.29 is 33.0 Å². The molecule has 10 heteroatoms. The molecule has 32 heavy (non-hydrogen) atoms. The van der Waals surface area contributed by atoms with Crippen molar-refractivity contribution in [2.75, 3.05) is 20.3 Å². The number of methoxy groups -OCH3 is 1. The predicted octanol–water partition coefficient (Wildman–Crippen LogP) is 4.67. The lowest BCUT2D eigenvalue weighted by atomic mass is 10.1. The van der Waals surface area contributed by atoms with Gasteiger partial charge < -0.3 is 14.2 Å². The third-order valence-corrected chi connectivity index (χ3v) is 5.54. The molecule has 0 bridgehead atoms.